The first kappa shape index (κ1) is 20.2. The van der Waals surface area contributed by atoms with E-state index < -0.39 is 0 Å². The maximum Gasteiger partial charge on any atom is 1.00 e. The Morgan fingerprint density at radius 3 is 2.00 bits per heavy atom. The smallest absolute Gasteiger partial charge is 0.875 e. The van der Waals surface area contributed by atoms with Crippen molar-refractivity contribution in [3.05, 3.63) is 11.3 Å². The molecule has 0 amide bonds. The van der Waals surface area contributed by atoms with Crippen LogP contribution in [0, 0.1) is 23.7 Å². The number of carbonyl (C=O) groups is 2. The normalized spacial score (nSPS) is 41.4. The van der Waals surface area contributed by atoms with Crippen molar-refractivity contribution in [2.45, 2.75) is 34.3 Å². The summed E-state index contributed by atoms with van der Waals surface area (Å²) in [5.41, 5.74) is 0.622. The predicted octanol–water partition coefficient (Wildman–Crippen LogP) is -0.209. The zero-order valence-corrected chi connectivity index (χ0v) is 18.4. The van der Waals surface area contributed by atoms with Crippen molar-refractivity contribution in [3.8, 4) is 0 Å². The van der Waals surface area contributed by atoms with Crippen molar-refractivity contribution in [1.29, 1.82) is 0 Å². The average molecular weight is 421 g/mol. The van der Waals surface area contributed by atoms with E-state index in [0.29, 0.717) is 23.2 Å². The van der Waals surface area contributed by atoms with Crippen LogP contribution in [0.5, 0.6) is 0 Å². The summed E-state index contributed by atoms with van der Waals surface area (Å²) in [6, 6.07) is 0. The van der Waals surface area contributed by atoms with Gasteiger partial charge in [0, 0.05) is 29.4 Å². The van der Waals surface area contributed by atoms with Crippen LogP contribution in [0.15, 0.2) is 11.3 Å². The molecule has 2 spiro atoms. The topological polar surface area (TPSA) is 57.2 Å². The molecule has 2 aliphatic heterocycles. The maximum atomic E-state index is 12.1. The van der Waals surface area contributed by atoms with Gasteiger partial charge in [0.05, 0.1) is 0 Å². The molecule has 8 heteroatoms. The van der Waals surface area contributed by atoms with E-state index in [1.54, 1.807) is 23.5 Å². The number of ketones is 2. The van der Waals surface area contributed by atoms with Crippen LogP contribution in [-0.2, 0) is 9.59 Å². The van der Waals surface area contributed by atoms with E-state index in [1.165, 1.54) is 24.9 Å². The number of hydrogen-bond acceptors (Lipinski definition) is 7. The van der Waals surface area contributed by atoms with Gasteiger partial charge in [-0.15, -0.1) is 52.8 Å². The SMILES string of the molecule is C/C([O-])=C1/C(=O)C2(SCCS2)[C@@H]2C[C@H]12.O=C1C[C@H]2C[C@H]2C12SCCS2.[Li+]. The van der Waals surface area contributed by atoms with Crippen molar-refractivity contribution in [3.63, 3.8) is 0 Å². The quantitative estimate of drug-likeness (QED) is 0.305. The van der Waals surface area contributed by atoms with Gasteiger partial charge in [-0.2, -0.15) is 0 Å². The van der Waals surface area contributed by atoms with Gasteiger partial charge >= 0.3 is 18.9 Å². The molecule has 4 aliphatic carbocycles. The molecule has 0 aromatic heterocycles. The van der Waals surface area contributed by atoms with Crippen molar-refractivity contribution in [2.24, 2.45) is 23.7 Å². The van der Waals surface area contributed by atoms with Crippen LogP contribution in [0.1, 0.15) is 26.2 Å². The Balaban J connectivity index is 0.000000128. The zero-order valence-electron chi connectivity index (χ0n) is 15.1. The summed E-state index contributed by atoms with van der Waals surface area (Å²) in [6.07, 6.45) is 3.30. The van der Waals surface area contributed by atoms with E-state index in [4.69, 9.17) is 0 Å². The first-order valence-corrected chi connectivity index (χ1v) is 13.0. The van der Waals surface area contributed by atoms with Gasteiger partial charge < -0.3 is 5.11 Å². The molecule has 0 bridgehead atoms. The van der Waals surface area contributed by atoms with Crippen LogP contribution in [0.3, 0.4) is 0 Å². The average Bonchev–Trinajstić information content (AvgIpc) is 3.33. The van der Waals surface area contributed by atoms with Crippen molar-refractivity contribution in [1.82, 2.24) is 0 Å². The monoisotopic (exact) mass is 420 g/mol. The number of fused-ring (bicyclic) bond motifs is 4. The molecule has 2 heterocycles. The molecule has 2 saturated heterocycles. The van der Waals surface area contributed by atoms with Gasteiger partial charge in [-0.1, -0.05) is 6.92 Å². The maximum absolute atomic E-state index is 12.1. The Morgan fingerprint density at radius 2 is 1.54 bits per heavy atom. The van der Waals surface area contributed by atoms with Gasteiger partial charge in [0.25, 0.3) is 0 Å². The number of hydrogen-bond donors (Lipinski definition) is 0. The van der Waals surface area contributed by atoms with Crippen LogP contribution in [-0.4, -0.2) is 42.7 Å². The Morgan fingerprint density at radius 1 is 0.962 bits per heavy atom. The third-order valence-corrected chi connectivity index (χ3v) is 13.6. The fourth-order valence-electron chi connectivity index (χ4n) is 4.98. The van der Waals surface area contributed by atoms with Crippen LogP contribution in [0.2, 0.25) is 0 Å². The van der Waals surface area contributed by atoms with Crippen molar-refractivity contribution >= 4 is 58.6 Å². The third kappa shape index (κ3) is 2.82. The van der Waals surface area contributed by atoms with Crippen molar-refractivity contribution in [2.75, 3.05) is 23.0 Å². The van der Waals surface area contributed by atoms with E-state index in [0.717, 1.165) is 36.2 Å². The first-order chi connectivity index (χ1) is 12.0. The van der Waals surface area contributed by atoms with Gasteiger partial charge in [0.2, 0.25) is 0 Å². The molecule has 0 aromatic carbocycles. The predicted molar refractivity (Wildman–Crippen MR) is 106 cm³/mol. The molecule has 0 radical (unpaired) electrons. The molecule has 0 N–H and O–H groups in total. The second-order valence-electron chi connectivity index (χ2n) is 7.71. The van der Waals surface area contributed by atoms with Crippen LogP contribution < -0.4 is 24.0 Å². The third-order valence-electron chi connectivity index (χ3n) is 6.27. The van der Waals surface area contributed by atoms with Gasteiger partial charge in [-0.05, 0) is 42.1 Å². The minimum Gasteiger partial charge on any atom is -0.875 e. The molecule has 3 nitrogen and oxygen atoms in total. The molecule has 4 saturated carbocycles. The Bertz CT molecular complexity index is 678. The Labute approximate surface area is 183 Å². The van der Waals surface area contributed by atoms with E-state index in [1.807, 2.05) is 23.5 Å². The summed E-state index contributed by atoms with van der Waals surface area (Å²) < 4.78 is -0.156. The number of rotatable bonds is 0. The second kappa shape index (κ2) is 6.99. The molecular weight excluding hydrogens is 399 g/mol. The fraction of sp³-hybridized carbons (Fsp3) is 0.778. The molecule has 6 aliphatic rings. The second-order valence-corrected chi connectivity index (χ2v) is 13.6. The number of Topliss-reactive ketones (excluding diaryl/α,β-unsaturated/α-hetero) is 2. The van der Waals surface area contributed by atoms with Gasteiger partial charge in [-0.3, -0.25) is 9.59 Å². The summed E-state index contributed by atoms with van der Waals surface area (Å²) in [5.74, 6) is 7.57. The minimum absolute atomic E-state index is 0. The summed E-state index contributed by atoms with van der Waals surface area (Å²) in [4.78, 5) is 23.7. The molecule has 26 heavy (non-hydrogen) atoms. The number of carbonyl (C=O) groups excluding carboxylic acids is 2. The van der Waals surface area contributed by atoms with Gasteiger partial charge in [-0.25, -0.2) is 0 Å². The standard InChI is InChI=1S/C10H12O2S2.C8H10OS2.Li/c1-5(11)8-6-4-7(6)10(9(8)12)13-2-3-14-10;9-7-4-5-3-6(5)8(7)10-1-2-11-8;/h6-7,11H,2-4H2,1H3;5-6H,1-4H2;/q;;+1/p-1/b8-5-;;/t6-,7+;5-,6-;/m01./s1. The molecule has 4 atom stereocenters. The number of thioether (sulfide) groups is 4. The summed E-state index contributed by atoms with van der Waals surface area (Å²) in [5, 5.41) is 11.4. The largest absolute Gasteiger partial charge is 1.00 e. The van der Waals surface area contributed by atoms with E-state index in [9.17, 15) is 14.7 Å². The van der Waals surface area contributed by atoms with Gasteiger partial charge in [0.1, 0.15) is 8.16 Å². The van der Waals surface area contributed by atoms with Crippen LogP contribution in [0.4, 0.5) is 0 Å². The number of allylic oxidation sites excluding steroid dienone is 2. The molecular formula is C18H21LiO3S4. The fourth-order valence-corrected chi connectivity index (χ4v) is 12.1. The van der Waals surface area contributed by atoms with Crippen molar-refractivity contribution < 1.29 is 33.6 Å². The molecule has 0 aromatic rings. The first-order valence-electron chi connectivity index (χ1n) is 9.01. The molecule has 6 fully saturated rings. The van der Waals surface area contributed by atoms with E-state index in [-0.39, 0.29) is 38.6 Å². The molecule has 0 unspecified atom stereocenters. The molecule has 136 valence electrons. The Hall–Kier alpha value is 0.877. The molecule has 6 rings (SSSR count). The summed E-state index contributed by atoms with van der Waals surface area (Å²) >= 11 is 7.39. The van der Waals surface area contributed by atoms with E-state index in [2.05, 4.69) is 0 Å². The van der Waals surface area contributed by atoms with E-state index >= 15 is 0 Å². The van der Waals surface area contributed by atoms with Crippen LogP contribution in [0.25, 0.3) is 0 Å². The zero-order chi connectivity index (χ0) is 17.4. The van der Waals surface area contributed by atoms with Crippen LogP contribution >= 0.6 is 47.0 Å². The Kier molecular flexibility index (Phi) is 5.42. The summed E-state index contributed by atoms with van der Waals surface area (Å²) in [7, 11) is 0. The summed E-state index contributed by atoms with van der Waals surface area (Å²) in [6.45, 7) is 1.53. The van der Waals surface area contributed by atoms with Gasteiger partial charge in [0.15, 0.2) is 11.6 Å². The minimum atomic E-state index is -0.230.